The molecule has 0 aliphatic heterocycles. The Morgan fingerprint density at radius 2 is 1.79 bits per heavy atom. The maximum Gasteiger partial charge on any atom is 0.260 e. The lowest BCUT2D eigenvalue weighted by Crippen LogP contribution is -2.13. The van der Waals surface area contributed by atoms with E-state index < -0.39 is 0 Å². The van der Waals surface area contributed by atoms with Crippen molar-refractivity contribution in [1.82, 2.24) is 19.6 Å². The lowest BCUT2D eigenvalue weighted by Gasteiger charge is -2.05. The van der Waals surface area contributed by atoms with Gasteiger partial charge in [0.15, 0.2) is 0 Å². The van der Waals surface area contributed by atoms with Gasteiger partial charge in [0.2, 0.25) is 0 Å². The Bertz CT molecular complexity index is 1170. The van der Waals surface area contributed by atoms with Gasteiger partial charge in [-0.1, -0.05) is 65.7 Å². The number of aryl methyl sites for hydroxylation is 1. The highest BCUT2D eigenvalue weighted by Gasteiger charge is 2.21. The predicted molar refractivity (Wildman–Crippen MR) is 114 cm³/mol. The van der Waals surface area contributed by atoms with Gasteiger partial charge in [0.25, 0.3) is 5.91 Å². The summed E-state index contributed by atoms with van der Waals surface area (Å²) in [7, 11) is 0. The largest absolute Gasteiger partial charge is 0.319 e. The molecular weight excluding hydrogens is 409 g/mol. The van der Waals surface area contributed by atoms with Gasteiger partial charge < -0.3 is 5.32 Å². The molecule has 146 valence electrons. The Balaban J connectivity index is 1.54. The van der Waals surface area contributed by atoms with E-state index in [0.29, 0.717) is 33.7 Å². The van der Waals surface area contributed by atoms with Crippen LogP contribution in [0.25, 0.3) is 5.69 Å². The predicted octanol–water partition coefficient (Wildman–Crippen LogP) is 4.98. The van der Waals surface area contributed by atoms with E-state index in [0.717, 1.165) is 11.3 Å². The van der Waals surface area contributed by atoms with Crippen LogP contribution < -0.4 is 5.32 Å². The average molecular weight is 426 g/mol. The summed E-state index contributed by atoms with van der Waals surface area (Å²) in [6.45, 7) is 2.24. The molecule has 0 fully saturated rings. The number of carbonyl (C=O) groups excluding carboxylic acids is 1. The monoisotopic (exact) mass is 425 g/mol. The summed E-state index contributed by atoms with van der Waals surface area (Å²) in [4.78, 5) is 12.8. The summed E-state index contributed by atoms with van der Waals surface area (Å²) < 4.78 is 3.22. The van der Waals surface area contributed by atoms with Crippen LogP contribution in [0.2, 0.25) is 10.2 Å². The maximum atomic E-state index is 12.8. The van der Waals surface area contributed by atoms with Crippen molar-refractivity contribution in [3.8, 4) is 5.69 Å². The highest BCUT2D eigenvalue weighted by Crippen LogP contribution is 2.24. The third-order valence-corrected chi connectivity index (χ3v) is 5.11. The topological polar surface area (TPSA) is 64.7 Å². The van der Waals surface area contributed by atoms with E-state index in [9.17, 15) is 4.79 Å². The summed E-state index contributed by atoms with van der Waals surface area (Å²) in [6, 6.07) is 17.1. The van der Waals surface area contributed by atoms with E-state index in [2.05, 4.69) is 15.5 Å². The van der Waals surface area contributed by atoms with Gasteiger partial charge in [0.05, 0.1) is 46.6 Å². The smallest absolute Gasteiger partial charge is 0.260 e. The SMILES string of the molecule is Cc1nn(Cc2ccccc2)c(Cl)c1C(=O)Nc1cnn(-c2ccccc2Cl)c1. The molecule has 0 saturated heterocycles. The normalized spacial score (nSPS) is 10.9. The van der Waals surface area contributed by atoms with Crippen molar-refractivity contribution in [1.29, 1.82) is 0 Å². The van der Waals surface area contributed by atoms with Crippen LogP contribution in [0.5, 0.6) is 0 Å². The Morgan fingerprint density at radius 3 is 2.55 bits per heavy atom. The molecule has 1 amide bonds. The van der Waals surface area contributed by atoms with E-state index >= 15 is 0 Å². The number of hydrogen-bond acceptors (Lipinski definition) is 3. The van der Waals surface area contributed by atoms with Crippen LogP contribution in [0.1, 0.15) is 21.6 Å². The van der Waals surface area contributed by atoms with E-state index in [4.69, 9.17) is 23.2 Å². The number of nitrogens with zero attached hydrogens (tertiary/aromatic N) is 4. The maximum absolute atomic E-state index is 12.8. The summed E-state index contributed by atoms with van der Waals surface area (Å²) in [5.74, 6) is -0.342. The fourth-order valence-electron chi connectivity index (χ4n) is 3.02. The number of halogens is 2. The van der Waals surface area contributed by atoms with Gasteiger partial charge >= 0.3 is 0 Å². The number of aromatic nitrogens is 4. The van der Waals surface area contributed by atoms with Crippen LogP contribution in [0.15, 0.2) is 67.0 Å². The first-order valence-electron chi connectivity index (χ1n) is 8.90. The quantitative estimate of drug-likeness (QED) is 0.489. The van der Waals surface area contributed by atoms with Crippen molar-refractivity contribution in [3.05, 3.63) is 94.0 Å². The Kier molecular flexibility index (Phi) is 5.38. The third-order valence-electron chi connectivity index (χ3n) is 4.41. The fraction of sp³-hybridized carbons (Fsp3) is 0.0952. The molecule has 1 N–H and O–H groups in total. The average Bonchev–Trinajstić information content (AvgIpc) is 3.27. The number of rotatable bonds is 5. The zero-order valence-electron chi connectivity index (χ0n) is 15.5. The molecule has 2 aromatic carbocycles. The zero-order valence-corrected chi connectivity index (χ0v) is 17.0. The van der Waals surface area contributed by atoms with Crippen molar-refractivity contribution in [2.45, 2.75) is 13.5 Å². The number of nitrogens with one attached hydrogen (secondary N) is 1. The number of para-hydroxylation sites is 1. The lowest BCUT2D eigenvalue weighted by molar-refractivity contribution is 0.102. The number of benzene rings is 2. The molecule has 4 rings (SSSR count). The minimum Gasteiger partial charge on any atom is -0.319 e. The molecular formula is C21H17Cl2N5O. The zero-order chi connectivity index (χ0) is 20.4. The van der Waals surface area contributed by atoms with E-state index in [1.54, 1.807) is 34.7 Å². The van der Waals surface area contributed by atoms with Gasteiger partial charge in [-0.3, -0.25) is 4.79 Å². The number of amides is 1. The van der Waals surface area contributed by atoms with Gasteiger partial charge in [-0.05, 0) is 24.6 Å². The summed E-state index contributed by atoms with van der Waals surface area (Å²) in [6.07, 6.45) is 3.25. The van der Waals surface area contributed by atoms with Crippen molar-refractivity contribution >= 4 is 34.8 Å². The highest BCUT2D eigenvalue weighted by atomic mass is 35.5. The third kappa shape index (κ3) is 4.04. The molecule has 2 heterocycles. The summed E-state index contributed by atoms with van der Waals surface area (Å²) in [5, 5.41) is 12.4. The first-order valence-corrected chi connectivity index (χ1v) is 9.66. The minimum atomic E-state index is -0.342. The van der Waals surface area contributed by atoms with Crippen molar-refractivity contribution in [3.63, 3.8) is 0 Å². The molecule has 8 heteroatoms. The van der Waals surface area contributed by atoms with E-state index in [1.807, 2.05) is 48.5 Å². The minimum absolute atomic E-state index is 0.294. The molecule has 0 unspecified atom stereocenters. The van der Waals surface area contributed by atoms with E-state index in [1.165, 1.54) is 0 Å². The van der Waals surface area contributed by atoms with Crippen molar-refractivity contribution in [2.24, 2.45) is 0 Å². The Labute approximate surface area is 177 Å². The highest BCUT2D eigenvalue weighted by molar-refractivity contribution is 6.33. The second kappa shape index (κ2) is 8.11. The second-order valence-electron chi connectivity index (χ2n) is 6.47. The van der Waals surface area contributed by atoms with Crippen LogP contribution in [0.3, 0.4) is 0 Å². The van der Waals surface area contributed by atoms with Gasteiger partial charge in [0, 0.05) is 0 Å². The van der Waals surface area contributed by atoms with Gasteiger partial charge in [-0.2, -0.15) is 10.2 Å². The summed E-state index contributed by atoms with van der Waals surface area (Å²) >= 11 is 12.7. The number of hydrogen-bond donors (Lipinski definition) is 1. The molecule has 0 spiro atoms. The molecule has 29 heavy (non-hydrogen) atoms. The van der Waals surface area contributed by atoms with Crippen LogP contribution in [0, 0.1) is 6.92 Å². The Morgan fingerprint density at radius 1 is 1.07 bits per heavy atom. The molecule has 0 bridgehead atoms. The number of anilines is 1. The molecule has 6 nitrogen and oxygen atoms in total. The van der Waals surface area contributed by atoms with Gasteiger partial charge in [0.1, 0.15) is 5.15 Å². The molecule has 4 aromatic rings. The summed E-state index contributed by atoms with van der Waals surface area (Å²) in [5.41, 5.74) is 3.20. The van der Waals surface area contributed by atoms with Crippen molar-refractivity contribution < 1.29 is 4.79 Å². The first-order chi connectivity index (χ1) is 14.0. The lowest BCUT2D eigenvalue weighted by atomic mass is 10.2. The first kappa shape index (κ1) is 19.2. The van der Waals surface area contributed by atoms with Crippen LogP contribution in [-0.2, 0) is 6.54 Å². The number of carbonyl (C=O) groups is 1. The standard InChI is InChI=1S/C21H17Cl2N5O/c1-14-19(20(23)28(26-14)12-15-7-3-2-4-8-15)21(29)25-16-11-24-27(13-16)18-10-6-5-9-17(18)22/h2-11,13H,12H2,1H3,(H,25,29). The van der Waals surface area contributed by atoms with Gasteiger partial charge in [-0.15, -0.1) is 0 Å². The van der Waals surface area contributed by atoms with Crippen LogP contribution >= 0.6 is 23.2 Å². The Hall–Kier alpha value is -3.09. The molecule has 0 saturated carbocycles. The molecule has 0 aliphatic carbocycles. The second-order valence-corrected chi connectivity index (χ2v) is 7.24. The van der Waals surface area contributed by atoms with Crippen LogP contribution in [0.4, 0.5) is 5.69 Å². The molecule has 0 aliphatic rings. The van der Waals surface area contributed by atoms with E-state index in [-0.39, 0.29) is 5.91 Å². The molecule has 0 radical (unpaired) electrons. The van der Waals surface area contributed by atoms with Gasteiger partial charge in [-0.25, -0.2) is 9.36 Å². The van der Waals surface area contributed by atoms with Crippen LogP contribution in [-0.4, -0.2) is 25.5 Å². The molecule has 0 atom stereocenters. The van der Waals surface area contributed by atoms with Crippen molar-refractivity contribution in [2.75, 3.05) is 5.32 Å². The molecule has 2 aromatic heterocycles. The fourth-order valence-corrected chi connectivity index (χ4v) is 3.57.